The summed E-state index contributed by atoms with van der Waals surface area (Å²) < 4.78 is 0. The van der Waals surface area contributed by atoms with E-state index < -0.39 is 0 Å². The summed E-state index contributed by atoms with van der Waals surface area (Å²) in [5, 5.41) is 12.6. The van der Waals surface area contributed by atoms with Crippen molar-refractivity contribution in [2.45, 2.75) is 26.4 Å². The molecule has 2 heteroatoms. The van der Waals surface area contributed by atoms with E-state index in [1.54, 1.807) is 0 Å². The molecule has 0 amide bonds. The largest absolute Gasteiger partial charge is 0.391 e. The summed E-state index contributed by atoms with van der Waals surface area (Å²) in [4.78, 5) is 0. The molecule has 0 aliphatic carbocycles. The van der Waals surface area contributed by atoms with Crippen molar-refractivity contribution in [1.82, 2.24) is 5.32 Å². The Morgan fingerprint density at radius 2 is 2.36 bits per heavy atom. The van der Waals surface area contributed by atoms with Gasteiger partial charge in [-0.2, -0.15) is 0 Å². The molecular weight excluding hydrogens is 138 g/mol. The van der Waals surface area contributed by atoms with Crippen LogP contribution in [0.1, 0.15) is 20.3 Å². The maximum absolute atomic E-state index is 9.41. The van der Waals surface area contributed by atoms with E-state index in [0.717, 1.165) is 19.5 Å². The molecule has 0 bridgehead atoms. The number of aliphatic hydroxyl groups is 1. The monoisotopic (exact) mass is 155 g/mol. The van der Waals surface area contributed by atoms with Crippen LogP contribution in [0.2, 0.25) is 0 Å². The third-order valence-corrected chi connectivity index (χ3v) is 2.10. The lowest BCUT2D eigenvalue weighted by Gasteiger charge is -2.12. The molecule has 0 aromatic heterocycles. The SMILES string of the molecule is CC(C)C1=CCNCC(O)C1. The molecule has 64 valence electrons. The highest BCUT2D eigenvalue weighted by molar-refractivity contribution is 5.09. The number of nitrogens with one attached hydrogen (secondary N) is 1. The molecule has 1 rings (SSSR count). The molecule has 0 saturated carbocycles. The molecule has 1 aliphatic heterocycles. The molecule has 1 unspecified atom stereocenters. The Bertz CT molecular complexity index is 152. The predicted molar refractivity (Wildman–Crippen MR) is 46.4 cm³/mol. The van der Waals surface area contributed by atoms with E-state index in [4.69, 9.17) is 0 Å². The normalized spacial score (nSPS) is 26.5. The molecule has 11 heavy (non-hydrogen) atoms. The highest BCUT2D eigenvalue weighted by Gasteiger charge is 2.12. The summed E-state index contributed by atoms with van der Waals surface area (Å²) >= 11 is 0. The van der Waals surface area contributed by atoms with E-state index in [1.165, 1.54) is 5.57 Å². The summed E-state index contributed by atoms with van der Waals surface area (Å²) in [5.74, 6) is 0.574. The summed E-state index contributed by atoms with van der Waals surface area (Å²) in [5.41, 5.74) is 1.38. The van der Waals surface area contributed by atoms with Crippen molar-refractivity contribution in [2.75, 3.05) is 13.1 Å². The van der Waals surface area contributed by atoms with Gasteiger partial charge in [-0.15, -0.1) is 0 Å². The minimum atomic E-state index is -0.189. The molecule has 1 aliphatic rings. The molecule has 0 aromatic carbocycles. The highest BCUT2D eigenvalue weighted by atomic mass is 16.3. The molecule has 0 aromatic rings. The second-order valence-electron chi connectivity index (χ2n) is 3.45. The van der Waals surface area contributed by atoms with Crippen LogP contribution in [-0.2, 0) is 0 Å². The fraction of sp³-hybridized carbons (Fsp3) is 0.778. The van der Waals surface area contributed by atoms with Crippen LogP contribution in [0, 0.1) is 5.92 Å². The van der Waals surface area contributed by atoms with Crippen LogP contribution in [-0.4, -0.2) is 24.3 Å². The number of aliphatic hydroxyl groups excluding tert-OH is 1. The van der Waals surface area contributed by atoms with E-state index in [0.29, 0.717) is 5.92 Å². The van der Waals surface area contributed by atoms with Gasteiger partial charge in [0.1, 0.15) is 0 Å². The van der Waals surface area contributed by atoms with E-state index in [9.17, 15) is 5.11 Å². The third-order valence-electron chi connectivity index (χ3n) is 2.10. The van der Waals surface area contributed by atoms with Crippen LogP contribution in [0.15, 0.2) is 11.6 Å². The Labute approximate surface area is 68.3 Å². The van der Waals surface area contributed by atoms with Crippen molar-refractivity contribution < 1.29 is 5.11 Å². The first-order chi connectivity index (χ1) is 5.20. The van der Waals surface area contributed by atoms with Gasteiger partial charge < -0.3 is 10.4 Å². The second kappa shape index (κ2) is 3.88. The highest BCUT2D eigenvalue weighted by Crippen LogP contribution is 2.16. The minimum absolute atomic E-state index is 0.189. The molecule has 1 atom stereocenters. The molecule has 2 nitrogen and oxygen atoms in total. The molecule has 0 radical (unpaired) electrons. The van der Waals surface area contributed by atoms with Crippen LogP contribution in [0.4, 0.5) is 0 Å². The Hall–Kier alpha value is -0.340. The zero-order valence-corrected chi connectivity index (χ0v) is 7.30. The van der Waals surface area contributed by atoms with Gasteiger partial charge in [-0.25, -0.2) is 0 Å². The maximum Gasteiger partial charge on any atom is 0.0701 e. The summed E-state index contributed by atoms with van der Waals surface area (Å²) in [6, 6.07) is 0. The molecule has 0 saturated heterocycles. The van der Waals surface area contributed by atoms with E-state index in [-0.39, 0.29) is 6.10 Å². The third kappa shape index (κ3) is 2.64. The molecule has 1 heterocycles. The van der Waals surface area contributed by atoms with Crippen LogP contribution in [0.3, 0.4) is 0 Å². The van der Waals surface area contributed by atoms with Crippen molar-refractivity contribution in [3.63, 3.8) is 0 Å². The van der Waals surface area contributed by atoms with E-state index in [1.807, 2.05) is 0 Å². The first-order valence-electron chi connectivity index (χ1n) is 4.28. The fourth-order valence-corrected chi connectivity index (χ4v) is 1.35. The van der Waals surface area contributed by atoms with Gasteiger partial charge >= 0.3 is 0 Å². The second-order valence-corrected chi connectivity index (χ2v) is 3.45. The van der Waals surface area contributed by atoms with Crippen LogP contribution in [0.5, 0.6) is 0 Å². The van der Waals surface area contributed by atoms with Gasteiger partial charge in [-0.1, -0.05) is 25.5 Å². The zero-order valence-electron chi connectivity index (χ0n) is 7.30. The fourth-order valence-electron chi connectivity index (χ4n) is 1.35. The number of β-amino-alcohol motifs (C(OH)–C–C–N with tert-alkyl or cyclic N) is 1. The Morgan fingerprint density at radius 1 is 1.64 bits per heavy atom. The standard InChI is InChI=1S/C9H17NO/c1-7(2)8-3-4-10-6-9(11)5-8/h3,7,9-11H,4-6H2,1-2H3. The topological polar surface area (TPSA) is 32.3 Å². The van der Waals surface area contributed by atoms with Crippen molar-refractivity contribution in [3.05, 3.63) is 11.6 Å². The van der Waals surface area contributed by atoms with Crippen molar-refractivity contribution in [3.8, 4) is 0 Å². The van der Waals surface area contributed by atoms with Crippen LogP contribution in [0.25, 0.3) is 0 Å². The van der Waals surface area contributed by atoms with E-state index in [2.05, 4.69) is 25.2 Å². The lowest BCUT2D eigenvalue weighted by atomic mass is 9.98. The molecular formula is C9H17NO. The van der Waals surface area contributed by atoms with Crippen molar-refractivity contribution >= 4 is 0 Å². The molecule has 0 fully saturated rings. The number of hydrogen-bond acceptors (Lipinski definition) is 2. The van der Waals surface area contributed by atoms with Crippen molar-refractivity contribution in [1.29, 1.82) is 0 Å². The van der Waals surface area contributed by atoms with Gasteiger partial charge in [0.15, 0.2) is 0 Å². The average molecular weight is 155 g/mol. The summed E-state index contributed by atoms with van der Waals surface area (Å²) in [7, 11) is 0. The average Bonchev–Trinajstić information content (AvgIpc) is 2.13. The molecule has 2 N–H and O–H groups in total. The first kappa shape index (κ1) is 8.75. The lowest BCUT2D eigenvalue weighted by Crippen LogP contribution is -2.24. The van der Waals surface area contributed by atoms with E-state index >= 15 is 0 Å². The van der Waals surface area contributed by atoms with Crippen LogP contribution >= 0.6 is 0 Å². The number of rotatable bonds is 1. The summed E-state index contributed by atoms with van der Waals surface area (Å²) in [6.45, 7) is 5.98. The van der Waals surface area contributed by atoms with Gasteiger partial charge in [0.25, 0.3) is 0 Å². The molecule has 0 spiro atoms. The van der Waals surface area contributed by atoms with Gasteiger partial charge in [-0.05, 0) is 12.3 Å². The van der Waals surface area contributed by atoms with Gasteiger partial charge in [0, 0.05) is 13.1 Å². The Kier molecular flexibility index (Phi) is 3.09. The Morgan fingerprint density at radius 3 is 3.00 bits per heavy atom. The Balaban J connectivity index is 2.54. The van der Waals surface area contributed by atoms with Gasteiger partial charge in [0.2, 0.25) is 0 Å². The quantitative estimate of drug-likeness (QED) is 0.552. The van der Waals surface area contributed by atoms with Crippen LogP contribution < -0.4 is 5.32 Å². The van der Waals surface area contributed by atoms with Crippen molar-refractivity contribution in [2.24, 2.45) is 5.92 Å². The van der Waals surface area contributed by atoms with Gasteiger partial charge in [-0.3, -0.25) is 0 Å². The minimum Gasteiger partial charge on any atom is -0.391 e. The summed E-state index contributed by atoms with van der Waals surface area (Å²) in [6.07, 6.45) is 2.84. The first-order valence-corrected chi connectivity index (χ1v) is 4.28. The predicted octanol–water partition coefficient (Wildman–Crippen LogP) is 0.923. The lowest BCUT2D eigenvalue weighted by molar-refractivity contribution is 0.173. The smallest absolute Gasteiger partial charge is 0.0701 e. The maximum atomic E-state index is 9.41. The zero-order chi connectivity index (χ0) is 8.27. The number of hydrogen-bond donors (Lipinski definition) is 2. The van der Waals surface area contributed by atoms with Gasteiger partial charge in [0.05, 0.1) is 6.10 Å².